The molecule has 1 aromatic carbocycles. The van der Waals surface area contributed by atoms with Crippen molar-refractivity contribution in [2.45, 2.75) is 43.9 Å². The number of hydrogen-bond acceptors (Lipinski definition) is 5. The monoisotopic (exact) mass is 419 g/mol. The standard InChI is InChI=1S/C21H29N3O4S/c1-2-3-4-7-17-8-6-11-20(17)22-23-21(25)18-9-5-10-19(16-18)29(26,27)24-12-14-28-15-13-24/h5,8-11,16,22H,2-4,6-7,12-15H2,1H3,(H,23,25). The Kier molecular flexibility index (Phi) is 7.46. The van der Waals surface area contributed by atoms with Crippen LogP contribution in [-0.4, -0.2) is 44.9 Å². The van der Waals surface area contributed by atoms with Crippen LogP contribution in [0.4, 0.5) is 0 Å². The third kappa shape index (κ3) is 5.46. The Morgan fingerprint density at radius 2 is 1.97 bits per heavy atom. The molecule has 158 valence electrons. The van der Waals surface area contributed by atoms with Gasteiger partial charge in [0.25, 0.3) is 5.91 Å². The minimum absolute atomic E-state index is 0.118. The van der Waals surface area contributed by atoms with E-state index >= 15 is 0 Å². The number of rotatable bonds is 9. The summed E-state index contributed by atoms with van der Waals surface area (Å²) in [4.78, 5) is 12.7. The maximum atomic E-state index is 12.8. The van der Waals surface area contributed by atoms with Gasteiger partial charge in [-0.3, -0.25) is 15.6 Å². The van der Waals surface area contributed by atoms with E-state index in [2.05, 4.69) is 23.9 Å². The van der Waals surface area contributed by atoms with Gasteiger partial charge in [0, 0.05) is 18.7 Å². The van der Waals surface area contributed by atoms with E-state index in [0.717, 1.165) is 25.0 Å². The molecular weight excluding hydrogens is 390 g/mol. The van der Waals surface area contributed by atoms with Crippen molar-refractivity contribution in [3.63, 3.8) is 0 Å². The zero-order chi connectivity index (χ0) is 20.7. The molecule has 0 saturated carbocycles. The summed E-state index contributed by atoms with van der Waals surface area (Å²) >= 11 is 0. The molecule has 1 aromatic rings. The van der Waals surface area contributed by atoms with E-state index in [1.165, 1.54) is 34.9 Å². The SMILES string of the molecule is CCCCCC1=CCC=C1NNC(=O)c1cccc(S(=O)(=O)N2CCOCC2)c1. The number of hydrogen-bond donors (Lipinski definition) is 2. The first-order valence-corrected chi connectivity index (χ1v) is 11.6. The van der Waals surface area contributed by atoms with Crippen molar-refractivity contribution >= 4 is 15.9 Å². The number of nitrogens with zero attached hydrogens (tertiary/aromatic N) is 1. The van der Waals surface area contributed by atoms with Gasteiger partial charge in [-0.25, -0.2) is 8.42 Å². The average molecular weight is 420 g/mol. The van der Waals surface area contributed by atoms with Crippen molar-refractivity contribution in [2.24, 2.45) is 0 Å². The number of amides is 1. The molecule has 3 rings (SSSR count). The van der Waals surface area contributed by atoms with Gasteiger partial charge in [-0.05, 0) is 43.0 Å². The molecular formula is C21H29N3O4S. The lowest BCUT2D eigenvalue weighted by atomic mass is 10.1. The fourth-order valence-corrected chi connectivity index (χ4v) is 4.88. The summed E-state index contributed by atoms with van der Waals surface area (Å²) in [7, 11) is -3.64. The number of hydrazine groups is 1. The van der Waals surface area contributed by atoms with Crippen LogP contribution in [0.3, 0.4) is 0 Å². The summed E-state index contributed by atoms with van der Waals surface area (Å²) in [5.41, 5.74) is 8.12. The largest absolute Gasteiger partial charge is 0.379 e. The van der Waals surface area contributed by atoms with E-state index < -0.39 is 10.0 Å². The van der Waals surface area contributed by atoms with Gasteiger partial charge in [0.05, 0.1) is 23.8 Å². The van der Waals surface area contributed by atoms with Crippen LogP contribution in [-0.2, 0) is 14.8 Å². The van der Waals surface area contributed by atoms with E-state index in [-0.39, 0.29) is 10.8 Å². The van der Waals surface area contributed by atoms with Gasteiger partial charge in [0.2, 0.25) is 10.0 Å². The quantitative estimate of drug-likeness (QED) is 0.475. The van der Waals surface area contributed by atoms with Gasteiger partial charge in [-0.2, -0.15) is 4.31 Å². The zero-order valence-electron chi connectivity index (χ0n) is 16.8. The fourth-order valence-electron chi connectivity index (χ4n) is 3.42. The second-order valence-corrected chi connectivity index (χ2v) is 9.10. The number of ether oxygens (including phenoxy) is 1. The molecule has 1 saturated heterocycles. The number of sulfonamides is 1. The van der Waals surface area contributed by atoms with Crippen LogP contribution < -0.4 is 10.9 Å². The highest BCUT2D eigenvalue weighted by Gasteiger charge is 2.27. The highest BCUT2D eigenvalue weighted by Crippen LogP contribution is 2.22. The van der Waals surface area contributed by atoms with Crippen LogP contribution in [0.15, 0.2) is 52.6 Å². The number of benzene rings is 1. The van der Waals surface area contributed by atoms with Crippen molar-refractivity contribution in [1.82, 2.24) is 15.2 Å². The Morgan fingerprint density at radius 1 is 1.17 bits per heavy atom. The molecule has 1 aliphatic heterocycles. The lowest BCUT2D eigenvalue weighted by molar-refractivity contribution is 0.0730. The van der Waals surface area contributed by atoms with Gasteiger partial charge in [-0.15, -0.1) is 0 Å². The first-order valence-electron chi connectivity index (χ1n) is 10.2. The highest BCUT2D eigenvalue weighted by atomic mass is 32.2. The Hall–Kier alpha value is -2.16. The fraction of sp³-hybridized carbons (Fsp3) is 0.476. The molecule has 1 fully saturated rings. The number of nitrogens with one attached hydrogen (secondary N) is 2. The van der Waals surface area contributed by atoms with Gasteiger partial charge < -0.3 is 4.74 Å². The van der Waals surface area contributed by atoms with Crippen LogP contribution in [0, 0.1) is 0 Å². The molecule has 1 heterocycles. The molecule has 1 amide bonds. The van der Waals surface area contributed by atoms with Gasteiger partial charge in [0.15, 0.2) is 0 Å². The summed E-state index contributed by atoms with van der Waals surface area (Å²) in [5, 5.41) is 0. The first kappa shape index (κ1) is 21.5. The van der Waals surface area contributed by atoms with Gasteiger partial charge in [-0.1, -0.05) is 38.0 Å². The molecule has 0 radical (unpaired) electrons. The average Bonchev–Trinajstić information content (AvgIpc) is 3.20. The Bertz CT molecular complexity index is 887. The van der Waals surface area contributed by atoms with Crippen molar-refractivity contribution in [2.75, 3.05) is 26.3 Å². The molecule has 0 atom stereocenters. The second-order valence-electron chi connectivity index (χ2n) is 7.16. The third-order valence-corrected chi connectivity index (χ3v) is 6.99. The van der Waals surface area contributed by atoms with Gasteiger partial charge in [0.1, 0.15) is 0 Å². The lowest BCUT2D eigenvalue weighted by Gasteiger charge is -2.26. The van der Waals surface area contributed by atoms with Crippen molar-refractivity contribution in [3.05, 3.63) is 53.3 Å². The highest BCUT2D eigenvalue weighted by molar-refractivity contribution is 7.89. The van der Waals surface area contributed by atoms with Crippen molar-refractivity contribution < 1.29 is 17.9 Å². The van der Waals surface area contributed by atoms with Crippen LogP contribution in [0.1, 0.15) is 49.4 Å². The Morgan fingerprint density at radius 3 is 2.72 bits per heavy atom. The number of carbonyl (C=O) groups excluding carboxylic acids is 1. The topological polar surface area (TPSA) is 87.7 Å². The molecule has 0 bridgehead atoms. The molecule has 8 heteroatoms. The summed E-state index contributed by atoms with van der Waals surface area (Å²) in [6.45, 7) is 3.58. The Labute approximate surface area is 172 Å². The molecule has 0 unspecified atom stereocenters. The summed E-state index contributed by atoms with van der Waals surface area (Å²) in [6, 6.07) is 6.13. The summed E-state index contributed by atoms with van der Waals surface area (Å²) in [6.07, 6.45) is 9.52. The molecule has 7 nitrogen and oxygen atoms in total. The number of unbranched alkanes of at least 4 members (excludes halogenated alkanes) is 2. The summed E-state index contributed by atoms with van der Waals surface area (Å²) < 4.78 is 32.2. The normalized spacial score (nSPS) is 17.6. The van der Waals surface area contributed by atoms with E-state index in [0.29, 0.717) is 31.9 Å². The molecule has 1 aliphatic carbocycles. The molecule has 2 aliphatic rings. The van der Waals surface area contributed by atoms with E-state index in [4.69, 9.17) is 4.74 Å². The van der Waals surface area contributed by atoms with E-state index in [1.54, 1.807) is 12.1 Å². The minimum atomic E-state index is -3.64. The minimum Gasteiger partial charge on any atom is -0.379 e. The molecule has 0 spiro atoms. The zero-order valence-corrected chi connectivity index (χ0v) is 17.6. The molecule has 0 aromatic heterocycles. The second kappa shape index (κ2) is 10.0. The maximum Gasteiger partial charge on any atom is 0.269 e. The predicted octanol–water partition coefficient (Wildman–Crippen LogP) is 2.74. The number of allylic oxidation sites excluding steroid dienone is 3. The van der Waals surface area contributed by atoms with E-state index in [9.17, 15) is 13.2 Å². The van der Waals surface area contributed by atoms with Crippen LogP contribution >= 0.6 is 0 Å². The van der Waals surface area contributed by atoms with Crippen molar-refractivity contribution in [1.29, 1.82) is 0 Å². The molecule has 2 N–H and O–H groups in total. The van der Waals surface area contributed by atoms with Gasteiger partial charge >= 0.3 is 0 Å². The van der Waals surface area contributed by atoms with Crippen molar-refractivity contribution in [3.8, 4) is 0 Å². The number of carbonyl (C=O) groups is 1. The Balaban J connectivity index is 1.62. The van der Waals surface area contributed by atoms with Crippen LogP contribution in [0.2, 0.25) is 0 Å². The first-order chi connectivity index (χ1) is 14.0. The lowest BCUT2D eigenvalue weighted by Crippen LogP contribution is -2.40. The molecule has 29 heavy (non-hydrogen) atoms. The van der Waals surface area contributed by atoms with E-state index in [1.807, 2.05) is 6.08 Å². The van der Waals surface area contributed by atoms with Crippen LogP contribution in [0.5, 0.6) is 0 Å². The number of morpholine rings is 1. The van der Waals surface area contributed by atoms with Crippen LogP contribution in [0.25, 0.3) is 0 Å². The third-order valence-electron chi connectivity index (χ3n) is 5.10. The maximum absolute atomic E-state index is 12.8. The predicted molar refractivity (Wildman–Crippen MR) is 112 cm³/mol. The smallest absolute Gasteiger partial charge is 0.269 e. The summed E-state index contributed by atoms with van der Waals surface area (Å²) in [5.74, 6) is -0.371.